The summed E-state index contributed by atoms with van der Waals surface area (Å²) in [5, 5.41) is 11.3. The lowest BCUT2D eigenvalue weighted by Gasteiger charge is -2.21. The van der Waals surface area contributed by atoms with Crippen LogP contribution >= 0.6 is 0 Å². The van der Waals surface area contributed by atoms with Crippen molar-refractivity contribution >= 4 is 5.91 Å². The molecule has 0 radical (unpaired) electrons. The Kier molecular flexibility index (Phi) is 4.20. The van der Waals surface area contributed by atoms with Gasteiger partial charge in [0.2, 0.25) is 0 Å². The molecule has 0 saturated carbocycles. The third-order valence-electron chi connectivity index (χ3n) is 2.80. The molecule has 0 aliphatic rings. The second-order valence-electron chi connectivity index (χ2n) is 4.33. The first-order valence-electron chi connectivity index (χ1n) is 5.63. The third kappa shape index (κ3) is 3.71. The van der Waals surface area contributed by atoms with Gasteiger partial charge in [-0.2, -0.15) is 18.4 Å². The van der Waals surface area contributed by atoms with Crippen molar-refractivity contribution in [2.45, 2.75) is 32.0 Å². The zero-order chi connectivity index (χ0) is 14.7. The van der Waals surface area contributed by atoms with Crippen LogP contribution in [0.1, 0.15) is 36.2 Å². The van der Waals surface area contributed by atoms with E-state index < -0.39 is 23.2 Å². The number of amides is 1. The van der Waals surface area contributed by atoms with Crippen LogP contribution in [0.25, 0.3) is 0 Å². The molecule has 1 N–H and O–H groups in total. The van der Waals surface area contributed by atoms with E-state index in [0.29, 0.717) is 6.42 Å². The maximum Gasteiger partial charge on any atom is 0.416 e. The predicted octanol–water partition coefficient (Wildman–Crippen LogP) is 3.13. The Balaban J connectivity index is 2.99. The van der Waals surface area contributed by atoms with Gasteiger partial charge in [0.05, 0.1) is 11.6 Å². The summed E-state index contributed by atoms with van der Waals surface area (Å²) in [4.78, 5) is 11.8. The molecular formula is C13H13F3N2O. The van der Waals surface area contributed by atoms with Crippen LogP contribution in [0.2, 0.25) is 0 Å². The number of carbonyl (C=O) groups is 1. The van der Waals surface area contributed by atoms with E-state index in [1.54, 1.807) is 6.92 Å². The van der Waals surface area contributed by atoms with Gasteiger partial charge in [-0.15, -0.1) is 0 Å². The van der Waals surface area contributed by atoms with Gasteiger partial charge >= 0.3 is 6.18 Å². The standard InChI is InChI=1S/C13H13F3N2O/c1-3-12(2,8-17)18-11(19)9-5-4-6-10(7-9)13(14,15)16/h4-7H,3H2,1-2H3,(H,18,19)/t12-/m0/s1. The highest BCUT2D eigenvalue weighted by atomic mass is 19.4. The van der Waals surface area contributed by atoms with Crippen LogP contribution < -0.4 is 5.32 Å². The molecule has 6 heteroatoms. The molecule has 0 saturated heterocycles. The molecule has 19 heavy (non-hydrogen) atoms. The van der Waals surface area contributed by atoms with Gasteiger partial charge in [-0.05, 0) is 31.5 Å². The zero-order valence-electron chi connectivity index (χ0n) is 10.5. The van der Waals surface area contributed by atoms with Gasteiger partial charge in [-0.3, -0.25) is 4.79 Å². The van der Waals surface area contributed by atoms with Crippen LogP contribution in [-0.4, -0.2) is 11.4 Å². The number of nitrogens with one attached hydrogen (secondary N) is 1. The number of hydrogen-bond donors (Lipinski definition) is 1. The average Bonchev–Trinajstić information content (AvgIpc) is 2.37. The van der Waals surface area contributed by atoms with Gasteiger partial charge in [0.1, 0.15) is 5.54 Å². The molecule has 0 aliphatic heterocycles. The summed E-state index contributed by atoms with van der Waals surface area (Å²) in [6, 6.07) is 6.01. The van der Waals surface area contributed by atoms with E-state index in [1.165, 1.54) is 13.0 Å². The van der Waals surface area contributed by atoms with Crippen molar-refractivity contribution in [1.82, 2.24) is 5.32 Å². The van der Waals surface area contributed by atoms with E-state index in [0.717, 1.165) is 18.2 Å². The number of alkyl halides is 3. The van der Waals surface area contributed by atoms with Gasteiger partial charge < -0.3 is 5.32 Å². The molecule has 0 spiro atoms. The lowest BCUT2D eigenvalue weighted by molar-refractivity contribution is -0.137. The molecular weight excluding hydrogens is 257 g/mol. The quantitative estimate of drug-likeness (QED) is 0.917. The van der Waals surface area contributed by atoms with E-state index >= 15 is 0 Å². The van der Waals surface area contributed by atoms with Crippen LogP contribution in [-0.2, 0) is 6.18 Å². The summed E-state index contributed by atoms with van der Waals surface area (Å²) >= 11 is 0. The van der Waals surface area contributed by atoms with Crippen molar-refractivity contribution < 1.29 is 18.0 Å². The molecule has 0 aliphatic carbocycles. The smallest absolute Gasteiger partial charge is 0.334 e. The monoisotopic (exact) mass is 270 g/mol. The maximum atomic E-state index is 12.5. The molecule has 0 unspecified atom stereocenters. The molecule has 3 nitrogen and oxygen atoms in total. The summed E-state index contributed by atoms with van der Waals surface area (Å²) < 4.78 is 37.6. The van der Waals surface area contributed by atoms with Crippen LogP contribution in [0.5, 0.6) is 0 Å². The summed E-state index contributed by atoms with van der Waals surface area (Å²) in [5.74, 6) is -0.697. The Morgan fingerprint density at radius 2 is 2.05 bits per heavy atom. The number of nitrogens with zero attached hydrogens (tertiary/aromatic N) is 1. The lowest BCUT2D eigenvalue weighted by atomic mass is 10.00. The largest absolute Gasteiger partial charge is 0.416 e. The fraction of sp³-hybridized carbons (Fsp3) is 0.385. The second-order valence-corrected chi connectivity index (χ2v) is 4.33. The highest BCUT2D eigenvalue weighted by Crippen LogP contribution is 2.29. The molecule has 1 atom stereocenters. The van der Waals surface area contributed by atoms with Gasteiger partial charge in [0.15, 0.2) is 0 Å². The number of rotatable bonds is 3. The highest BCUT2D eigenvalue weighted by Gasteiger charge is 2.31. The molecule has 0 heterocycles. The van der Waals surface area contributed by atoms with Crippen molar-refractivity contribution in [1.29, 1.82) is 5.26 Å². The van der Waals surface area contributed by atoms with E-state index in [-0.39, 0.29) is 5.56 Å². The van der Waals surface area contributed by atoms with Crippen molar-refractivity contribution in [2.75, 3.05) is 0 Å². The third-order valence-corrected chi connectivity index (χ3v) is 2.80. The van der Waals surface area contributed by atoms with Crippen molar-refractivity contribution in [3.63, 3.8) is 0 Å². The van der Waals surface area contributed by atoms with E-state index in [2.05, 4.69) is 5.32 Å². The topological polar surface area (TPSA) is 52.9 Å². The van der Waals surface area contributed by atoms with E-state index in [1.807, 2.05) is 6.07 Å². The average molecular weight is 270 g/mol. The minimum absolute atomic E-state index is 0.121. The minimum atomic E-state index is -4.50. The number of benzene rings is 1. The predicted molar refractivity (Wildman–Crippen MR) is 63.2 cm³/mol. The Labute approximate surface area is 109 Å². The van der Waals surface area contributed by atoms with Crippen LogP contribution in [0.4, 0.5) is 13.2 Å². The van der Waals surface area contributed by atoms with Crippen LogP contribution in [0.15, 0.2) is 24.3 Å². The van der Waals surface area contributed by atoms with Gasteiger partial charge in [-0.25, -0.2) is 0 Å². The molecule has 102 valence electrons. The molecule has 1 aromatic rings. The van der Waals surface area contributed by atoms with Crippen molar-refractivity contribution in [3.05, 3.63) is 35.4 Å². The fourth-order valence-electron chi connectivity index (χ4n) is 1.35. The van der Waals surface area contributed by atoms with Crippen molar-refractivity contribution in [3.8, 4) is 6.07 Å². The lowest BCUT2D eigenvalue weighted by Crippen LogP contribution is -2.44. The summed E-state index contributed by atoms with van der Waals surface area (Å²) in [6.07, 6.45) is -4.15. The number of nitriles is 1. The number of carbonyl (C=O) groups excluding carboxylic acids is 1. The summed E-state index contributed by atoms with van der Waals surface area (Å²) in [7, 11) is 0. The van der Waals surface area contributed by atoms with Gasteiger partial charge in [-0.1, -0.05) is 13.0 Å². The SMILES string of the molecule is CC[C@@](C)(C#N)NC(=O)c1cccc(C(F)(F)F)c1. The second kappa shape index (κ2) is 5.31. The summed E-state index contributed by atoms with van der Waals surface area (Å²) in [6.45, 7) is 3.22. The number of hydrogen-bond acceptors (Lipinski definition) is 2. The Bertz CT molecular complexity index is 519. The zero-order valence-corrected chi connectivity index (χ0v) is 10.5. The normalized spacial score (nSPS) is 14.3. The first-order chi connectivity index (χ1) is 8.72. The van der Waals surface area contributed by atoms with Crippen LogP contribution in [0, 0.1) is 11.3 Å². The van der Waals surface area contributed by atoms with E-state index in [9.17, 15) is 18.0 Å². The molecule has 0 bridgehead atoms. The summed E-state index contributed by atoms with van der Waals surface area (Å²) in [5.41, 5.74) is -2.11. The Morgan fingerprint density at radius 3 is 2.53 bits per heavy atom. The van der Waals surface area contributed by atoms with Crippen molar-refractivity contribution in [2.24, 2.45) is 0 Å². The van der Waals surface area contributed by atoms with Crippen LogP contribution in [0.3, 0.4) is 0 Å². The maximum absolute atomic E-state index is 12.5. The fourth-order valence-corrected chi connectivity index (χ4v) is 1.35. The van der Waals surface area contributed by atoms with Gasteiger partial charge in [0.25, 0.3) is 5.91 Å². The molecule has 0 aromatic heterocycles. The van der Waals surface area contributed by atoms with E-state index in [4.69, 9.17) is 5.26 Å². The highest BCUT2D eigenvalue weighted by molar-refractivity contribution is 5.95. The van der Waals surface area contributed by atoms with Gasteiger partial charge in [0, 0.05) is 5.56 Å². The Hall–Kier alpha value is -2.03. The Morgan fingerprint density at radius 1 is 1.42 bits per heavy atom. The first kappa shape index (κ1) is 15.0. The number of halogens is 3. The molecule has 1 rings (SSSR count). The first-order valence-corrected chi connectivity index (χ1v) is 5.63. The molecule has 1 aromatic carbocycles. The minimum Gasteiger partial charge on any atom is -0.334 e. The molecule has 0 fully saturated rings. The molecule has 1 amide bonds.